The van der Waals surface area contributed by atoms with Gasteiger partial charge in [0.05, 0.1) is 12.0 Å². The zero-order chi connectivity index (χ0) is 13.6. The van der Waals surface area contributed by atoms with E-state index in [0.29, 0.717) is 12.8 Å². The third kappa shape index (κ3) is 4.01. The highest BCUT2D eigenvalue weighted by molar-refractivity contribution is 5.84. The standard InChI is InChI=1S/C12H20N2O4/c1-9(15)13-7-10(16)14-8-12(11(17)18)5-3-2-4-6-12/h2-8H2,1H3,(H,13,15)(H,14,16)(H,17,18). The molecule has 1 aliphatic carbocycles. The van der Waals surface area contributed by atoms with Crippen LogP contribution in [0, 0.1) is 5.41 Å². The summed E-state index contributed by atoms with van der Waals surface area (Å²) >= 11 is 0. The fourth-order valence-electron chi connectivity index (χ4n) is 2.23. The second-order valence-corrected chi connectivity index (χ2v) is 4.83. The minimum atomic E-state index is -0.845. The third-order valence-corrected chi connectivity index (χ3v) is 3.39. The average Bonchev–Trinajstić information content (AvgIpc) is 2.34. The van der Waals surface area contributed by atoms with E-state index in [1.165, 1.54) is 6.92 Å². The molecule has 18 heavy (non-hydrogen) atoms. The van der Waals surface area contributed by atoms with Crippen LogP contribution in [-0.2, 0) is 14.4 Å². The first-order valence-corrected chi connectivity index (χ1v) is 6.21. The number of nitrogens with one attached hydrogen (secondary N) is 2. The van der Waals surface area contributed by atoms with E-state index in [2.05, 4.69) is 10.6 Å². The summed E-state index contributed by atoms with van der Waals surface area (Å²) in [6.45, 7) is 1.36. The second kappa shape index (κ2) is 6.37. The molecule has 0 aromatic heterocycles. The van der Waals surface area contributed by atoms with Gasteiger partial charge in [-0.2, -0.15) is 0 Å². The molecular weight excluding hydrogens is 236 g/mol. The Morgan fingerprint density at radius 2 is 1.72 bits per heavy atom. The van der Waals surface area contributed by atoms with Gasteiger partial charge in [0.15, 0.2) is 0 Å². The SMILES string of the molecule is CC(=O)NCC(=O)NCC1(C(=O)O)CCCCC1. The number of aliphatic carboxylic acids is 1. The topological polar surface area (TPSA) is 95.5 Å². The zero-order valence-corrected chi connectivity index (χ0v) is 10.6. The number of carbonyl (C=O) groups is 3. The third-order valence-electron chi connectivity index (χ3n) is 3.39. The fraction of sp³-hybridized carbons (Fsp3) is 0.750. The van der Waals surface area contributed by atoms with Crippen LogP contribution in [0.1, 0.15) is 39.0 Å². The molecule has 1 rings (SSSR count). The molecule has 102 valence electrons. The Hall–Kier alpha value is -1.59. The summed E-state index contributed by atoms with van der Waals surface area (Å²) in [5, 5.41) is 14.3. The molecular formula is C12H20N2O4. The fourth-order valence-corrected chi connectivity index (χ4v) is 2.23. The molecule has 1 aliphatic rings. The molecule has 0 atom stereocenters. The predicted molar refractivity (Wildman–Crippen MR) is 64.8 cm³/mol. The average molecular weight is 256 g/mol. The van der Waals surface area contributed by atoms with Gasteiger partial charge in [-0.25, -0.2) is 0 Å². The molecule has 3 N–H and O–H groups in total. The van der Waals surface area contributed by atoms with Gasteiger partial charge < -0.3 is 15.7 Å². The smallest absolute Gasteiger partial charge is 0.311 e. The van der Waals surface area contributed by atoms with E-state index >= 15 is 0 Å². The van der Waals surface area contributed by atoms with E-state index in [-0.39, 0.29) is 24.9 Å². The lowest BCUT2D eigenvalue weighted by atomic mass is 9.74. The lowest BCUT2D eigenvalue weighted by molar-refractivity contribution is -0.151. The van der Waals surface area contributed by atoms with Crippen molar-refractivity contribution < 1.29 is 19.5 Å². The quantitative estimate of drug-likeness (QED) is 0.658. The molecule has 2 amide bonds. The van der Waals surface area contributed by atoms with Crippen LogP contribution in [0.3, 0.4) is 0 Å². The molecule has 0 radical (unpaired) electrons. The van der Waals surface area contributed by atoms with Crippen LogP contribution in [0.2, 0.25) is 0 Å². The minimum absolute atomic E-state index is 0.106. The van der Waals surface area contributed by atoms with Crippen molar-refractivity contribution in [3.8, 4) is 0 Å². The summed E-state index contributed by atoms with van der Waals surface area (Å²) in [6, 6.07) is 0. The van der Waals surface area contributed by atoms with Gasteiger partial charge in [-0.05, 0) is 12.8 Å². The maximum Gasteiger partial charge on any atom is 0.311 e. The molecule has 0 aromatic carbocycles. The Morgan fingerprint density at radius 3 is 2.22 bits per heavy atom. The predicted octanol–water partition coefficient (Wildman–Crippen LogP) is 0.274. The summed E-state index contributed by atoms with van der Waals surface area (Å²) in [5.74, 6) is -1.48. The van der Waals surface area contributed by atoms with Crippen molar-refractivity contribution in [3.63, 3.8) is 0 Å². The van der Waals surface area contributed by atoms with E-state index in [1.54, 1.807) is 0 Å². The van der Waals surface area contributed by atoms with Crippen LogP contribution in [0.5, 0.6) is 0 Å². The molecule has 0 heterocycles. The van der Waals surface area contributed by atoms with Crippen LogP contribution in [-0.4, -0.2) is 36.0 Å². The number of rotatable bonds is 5. The summed E-state index contributed by atoms with van der Waals surface area (Å²) in [4.78, 5) is 33.4. The molecule has 0 aliphatic heterocycles. The van der Waals surface area contributed by atoms with Crippen molar-refractivity contribution in [3.05, 3.63) is 0 Å². The Bertz CT molecular complexity index is 335. The van der Waals surface area contributed by atoms with Crippen molar-refractivity contribution >= 4 is 17.8 Å². The van der Waals surface area contributed by atoms with Crippen LogP contribution in [0.4, 0.5) is 0 Å². The van der Waals surface area contributed by atoms with E-state index in [4.69, 9.17) is 0 Å². The lowest BCUT2D eigenvalue weighted by Gasteiger charge is -2.33. The zero-order valence-electron chi connectivity index (χ0n) is 10.6. The maximum atomic E-state index is 11.4. The van der Waals surface area contributed by atoms with Crippen LogP contribution in [0.15, 0.2) is 0 Å². The monoisotopic (exact) mass is 256 g/mol. The van der Waals surface area contributed by atoms with Gasteiger partial charge in [0.1, 0.15) is 0 Å². The van der Waals surface area contributed by atoms with E-state index in [1.807, 2.05) is 0 Å². The molecule has 0 spiro atoms. The molecule has 0 saturated heterocycles. The molecule has 0 aromatic rings. The van der Waals surface area contributed by atoms with Gasteiger partial charge in [-0.3, -0.25) is 14.4 Å². The summed E-state index contributed by atoms with van der Waals surface area (Å²) in [6.07, 6.45) is 4.02. The minimum Gasteiger partial charge on any atom is -0.481 e. The van der Waals surface area contributed by atoms with Gasteiger partial charge in [0.2, 0.25) is 11.8 Å². The van der Waals surface area contributed by atoms with Crippen LogP contribution < -0.4 is 10.6 Å². The van der Waals surface area contributed by atoms with Crippen molar-refractivity contribution in [1.29, 1.82) is 0 Å². The highest BCUT2D eigenvalue weighted by atomic mass is 16.4. The number of hydrogen-bond donors (Lipinski definition) is 3. The molecule has 1 saturated carbocycles. The van der Waals surface area contributed by atoms with Crippen molar-refractivity contribution in [2.75, 3.05) is 13.1 Å². The maximum absolute atomic E-state index is 11.4. The van der Waals surface area contributed by atoms with Crippen LogP contribution >= 0.6 is 0 Å². The van der Waals surface area contributed by atoms with Gasteiger partial charge >= 0.3 is 5.97 Å². The normalized spacial score (nSPS) is 17.8. The molecule has 1 fully saturated rings. The number of carboxylic acids is 1. The van der Waals surface area contributed by atoms with E-state index in [0.717, 1.165) is 19.3 Å². The highest BCUT2D eigenvalue weighted by Crippen LogP contribution is 2.35. The van der Waals surface area contributed by atoms with Gasteiger partial charge in [-0.15, -0.1) is 0 Å². The Balaban J connectivity index is 2.45. The van der Waals surface area contributed by atoms with Crippen molar-refractivity contribution in [2.45, 2.75) is 39.0 Å². The largest absolute Gasteiger partial charge is 0.481 e. The second-order valence-electron chi connectivity index (χ2n) is 4.83. The number of carbonyl (C=O) groups excluding carboxylic acids is 2. The van der Waals surface area contributed by atoms with E-state index in [9.17, 15) is 19.5 Å². The first-order valence-electron chi connectivity index (χ1n) is 6.21. The van der Waals surface area contributed by atoms with Crippen LogP contribution in [0.25, 0.3) is 0 Å². The summed E-state index contributed by atoms with van der Waals surface area (Å²) in [7, 11) is 0. The first-order chi connectivity index (χ1) is 8.46. The Labute approximate surface area is 106 Å². The van der Waals surface area contributed by atoms with E-state index < -0.39 is 11.4 Å². The lowest BCUT2D eigenvalue weighted by Crippen LogP contribution is -2.46. The number of hydrogen-bond acceptors (Lipinski definition) is 3. The van der Waals surface area contributed by atoms with Crippen molar-refractivity contribution in [2.24, 2.45) is 5.41 Å². The van der Waals surface area contributed by atoms with Gasteiger partial charge in [0, 0.05) is 13.5 Å². The first kappa shape index (κ1) is 14.5. The summed E-state index contributed by atoms with van der Waals surface area (Å²) < 4.78 is 0. The van der Waals surface area contributed by atoms with Gasteiger partial charge in [0.25, 0.3) is 0 Å². The number of carboxylic acid groups (broad SMARTS) is 1. The van der Waals surface area contributed by atoms with Gasteiger partial charge in [-0.1, -0.05) is 19.3 Å². The molecule has 0 bridgehead atoms. The molecule has 6 heteroatoms. The highest BCUT2D eigenvalue weighted by Gasteiger charge is 2.39. The number of amides is 2. The molecule has 0 unspecified atom stereocenters. The van der Waals surface area contributed by atoms with Crippen molar-refractivity contribution in [1.82, 2.24) is 10.6 Å². The summed E-state index contributed by atoms with van der Waals surface area (Å²) in [5.41, 5.74) is -0.829. The Kier molecular flexibility index (Phi) is 5.12. The molecule has 6 nitrogen and oxygen atoms in total. The Morgan fingerprint density at radius 1 is 1.11 bits per heavy atom.